The number of aromatic nitrogens is 4. The Kier molecular flexibility index (Phi) is 5.40. The van der Waals surface area contributed by atoms with E-state index in [0.717, 1.165) is 30.0 Å². The summed E-state index contributed by atoms with van der Waals surface area (Å²) in [6.45, 7) is 1.62. The average Bonchev–Trinajstić information content (AvgIpc) is 3.16. The van der Waals surface area contributed by atoms with Crippen LogP contribution in [0.25, 0.3) is 16.7 Å². The van der Waals surface area contributed by atoms with Gasteiger partial charge in [-0.2, -0.15) is 5.10 Å². The molecule has 1 unspecified atom stereocenters. The third kappa shape index (κ3) is 3.99. The third-order valence-electron chi connectivity index (χ3n) is 4.24. The first-order chi connectivity index (χ1) is 14.4. The molecule has 4 aromatic rings. The van der Waals surface area contributed by atoms with Crippen molar-refractivity contribution in [2.45, 2.75) is 17.2 Å². The van der Waals surface area contributed by atoms with Crippen LogP contribution in [0, 0.1) is 17.5 Å². The summed E-state index contributed by atoms with van der Waals surface area (Å²) in [7, 11) is 0. The Morgan fingerprint density at radius 3 is 2.57 bits per heavy atom. The maximum absolute atomic E-state index is 13.8. The first kappa shape index (κ1) is 19.9. The van der Waals surface area contributed by atoms with E-state index in [9.17, 15) is 18.0 Å². The van der Waals surface area contributed by atoms with Gasteiger partial charge in [0.1, 0.15) is 28.8 Å². The molecule has 2 heterocycles. The van der Waals surface area contributed by atoms with Gasteiger partial charge in [-0.1, -0.05) is 11.8 Å². The molecule has 0 aliphatic heterocycles. The van der Waals surface area contributed by atoms with Crippen molar-refractivity contribution in [2.75, 3.05) is 5.32 Å². The highest BCUT2D eigenvalue weighted by atomic mass is 32.2. The fraction of sp³-hybridized carbons (Fsp3) is 0.100. The van der Waals surface area contributed by atoms with Crippen molar-refractivity contribution < 1.29 is 18.0 Å². The summed E-state index contributed by atoms with van der Waals surface area (Å²) in [4.78, 5) is 20.9. The predicted molar refractivity (Wildman–Crippen MR) is 107 cm³/mol. The lowest BCUT2D eigenvalue weighted by Gasteiger charge is -2.12. The van der Waals surface area contributed by atoms with Crippen LogP contribution in [0.15, 0.2) is 60.0 Å². The monoisotopic (exact) mass is 429 g/mol. The molecule has 1 N–H and O–H groups in total. The van der Waals surface area contributed by atoms with Crippen LogP contribution < -0.4 is 5.32 Å². The smallest absolute Gasteiger partial charge is 0.237 e. The number of anilines is 1. The van der Waals surface area contributed by atoms with Gasteiger partial charge in [0.2, 0.25) is 5.91 Å². The van der Waals surface area contributed by atoms with Crippen molar-refractivity contribution in [3.05, 3.63) is 72.4 Å². The highest BCUT2D eigenvalue weighted by Crippen LogP contribution is 2.29. The van der Waals surface area contributed by atoms with Gasteiger partial charge >= 0.3 is 0 Å². The lowest BCUT2D eigenvalue weighted by molar-refractivity contribution is -0.115. The fourth-order valence-corrected chi connectivity index (χ4v) is 3.62. The highest BCUT2D eigenvalue weighted by molar-refractivity contribution is 8.00. The molecule has 0 aliphatic rings. The van der Waals surface area contributed by atoms with Crippen LogP contribution in [-0.2, 0) is 4.79 Å². The fourth-order valence-electron chi connectivity index (χ4n) is 2.74. The van der Waals surface area contributed by atoms with Crippen molar-refractivity contribution in [1.82, 2.24) is 19.7 Å². The minimum absolute atomic E-state index is 0.232. The van der Waals surface area contributed by atoms with E-state index in [1.165, 1.54) is 23.1 Å². The van der Waals surface area contributed by atoms with E-state index in [1.54, 1.807) is 25.3 Å². The SMILES string of the molecule is CC(Sc1ncnc2c1cnn2-c1ccc(F)cc1)C(=O)Nc1cc(F)ccc1F. The Labute approximate surface area is 173 Å². The van der Waals surface area contributed by atoms with Crippen LogP contribution in [0.2, 0.25) is 0 Å². The molecular weight excluding hydrogens is 415 g/mol. The number of carbonyl (C=O) groups excluding carboxylic acids is 1. The topological polar surface area (TPSA) is 72.7 Å². The van der Waals surface area contributed by atoms with Crippen LogP contribution in [-0.4, -0.2) is 30.9 Å². The lowest BCUT2D eigenvalue weighted by Crippen LogP contribution is -2.23. The van der Waals surface area contributed by atoms with Crippen molar-refractivity contribution in [3.8, 4) is 5.69 Å². The Hall–Kier alpha value is -3.40. The minimum Gasteiger partial charge on any atom is -0.323 e. The number of thioether (sulfide) groups is 1. The van der Waals surface area contributed by atoms with Gasteiger partial charge in [0.05, 0.1) is 28.2 Å². The van der Waals surface area contributed by atoms with Crippen LogP contribution in [0.4, 0.5) is 18.9 Å². The average molecular weight is 429 g/mol. The van der Waals surface area contributed by atoms with Crippen molar-refractivity contribution in [1.29, 1.82) is 0 Å². The number of carbonyl (C=O) groups is 1. The third-order valence-corrected chi connectivity index (χ3v) is 5.36. The number of nitrogens with zero attached hydrogens (tertiary/aromatic N) is 4. The molecule has 0 radical (unpaired) electrons. The first-order valence-electron chi connectivity index (χ1n) is 8.79. The Balaban J connectivity index is 1.57. The lowest BCUT2D eigenvalue weighted by atomic mass is 10.3. The van der Waals surface area contributed by atoms with Crippen LogP contribution in [0.1, 0.15) is 6.92 Å². The van der Waals surface area contributed by atoms with Crippen molar-refractivity contribution in [3.63, 3.8) is 0 Å². The molecule has 2 aromatic carbocycles. The number of halogens is 3. The van der Waals surface area contributed by atoms with Crippen molar-refractivity contribution >= 4 is 34.4 Å². The number of hydrogen-bond donors (Lipinski definition) is 1. The Morgan fingerprint density at radius 2 is 1.80 bits per heavy atom. The van der Waals surface area contributed by atoms with E-state index in [2.05, 4.69) is 20.4 Å². The van der Waals surface area contributed by atoms with Gasteiger partial charge in [-0.05, 0) is 43.3 Å². The molecule has 1 atom stereocenters. The first-order valence-corrected chi connectivity index (χ1v) is 9.67. The normalized spacial score (nSPS) is 12.1. The molecule has 0 bridgehead atoms. The number of amides is 1. The number of fused-ring (bicyclic) bond motifs is 1. The zero-order valence-electron chi connectivity index (χ0n) is 15.5. The molecule has 10 heteroatoms. The van der Waals surface area contributed by atoms with Gasteiger partial charge in [0.15, 0.2) is 5.65 Å². The maximum atomic E-state index is 13.8. The summed E-state index contributed by atoms with van der Waals surface area (Å²) in [6.07, 6.45) is 2.89. The number of hydrogen-bond acceptors (Lipinski definition) is 5. The van der Waals surface area contributed by atoms with Gasteiger partial charge < -0.3 is 5.32 Å². The van der Waals surface area contributed by atoms with Gasteiger partial charge in [-0.3, -0.25) is 4.79 Å². The molecule has 0 saturated heterocycles. The Bertz CT molecular complexity index is 1230. The number of rotatable bonds is 5. The molecule has 6 nitrogen and oxygen atoms in total. The summed E-state index contributed by atoms with van der Waals surface area (Å²) in [5.41, 5.74) is 0.876. The molecule has 0 spiro atoms. The molecule has 0 fully saturated rings. The van der Waals surface area contributed by atoms with E-state index in [1.807, 2.05) is 0 Å². The second kappa shape index (κ2) is 8.15. The van der Waals surface area contributed by atoms with Gasteiger partial charge in [0, 0.05) is 6.07 Å². The predicted octanol–water partition coefficient (Wildman–Crippen LogP) is 4.35. The van der Waals surface area contributed by atoms with E-state index < -0.39 is 22.8 Å². The minimum atomic E-state index is -0.730. The summed E-state index contributed by atoms with van der Waals surface area (Å²) < 4.78 is 41.8. The van der Waals surface area contributed by atoms with Gasteiger partial charge in [-0.15, -0.1) is 0 Å². The molecule has 0 aliphatic carbocycles. The standard InChI is InChI=1S/C20H14F3N5OS/c1-11(19(29)27-17-8-13(22)4-7-16(17)23)30-20-15-9-26-28(18(15)24-10-25-20)14-5-2-12(21)3-6-14/h2-11H,1H3,(H,27,29). The maximum Gasteiger partial charge on any atom is 0.237 e. The van der Waals surface area contributed by atoms with Crippen molar-refractivity contribution in [2.24, 2.45) is 0 Å². The van der Waals surface area contributed by atoms with E-state index in [4.69, 9.17) is 0 Å². The van der Waals surface area contributed by atoms with E-state index >= 15 is 0 Å². The summed E-state index contributed by atoms with van der Waals surface area (Å²) in [5, 5.41) is 7.09. The molecule has 152 valence electrons. The van der Waals surface area contributed by atoms with Crippen LogP contribution in [0.5, 0.6) is 0 Å². The number of nitrogens with one attached hydrogen (secondary N) is 1. The zero-order chi connectivity index (χ0) is 21.3. The molecule has 4 rings (SSSR count). The van der Waals surface area contributed by atoms with Crippen LogP contribution >= 0.6 is 11.8 Å². The Morgan fingerprint density at radius 1 is 1.07 bits per heavy atom. The molecule has 0 saturated carbocycles. The molecule has 1 amide bonds. The molecule has 30 heavy (non-hydrogen) atoms. The van der Waals surface area contributed by atoms with E-state index in [-0.39, 0.29) is 11.5 Å². The van der Waals surface area contributed by atoms with Crippen LogP contribution in [0.3, 0.4) is 0 Å². The second-order valence-corrected chi connectivity index (χ2v) is 7.65. The van der Waals surface area contributed by atoms with Gasteiger partial charge in [-0.25, -0.2) is 27.8 Å². The van der Waals surface area contributed by atoms with Gasteiger partial charge in [0.25, 0.3) is 0 Å². The zero-order valence-corrected chi connectivity index (χ0v) is 16.3. The summed E-state index contributed by atoms with van der Waals surface area (Å²) in [6, 6.07) is 8.61. The molecular formula is C20H14F3N5OS. The number of benzene rings is 2. The largest absolute Gasteiger partial charge is 0.323 e. The van der Waals surface area contributed by atoms with E-state index in [0.29, 0.717) is 21.7 Å². The quantitative estimate of drug-likeness (QED) is 0.377. The highest BCUT2D eigenvalue weighted by Gasteiger charge is 2.20. The summed E-state index contributed by atoms with van der Waals surface area (Å²) >= 11 is 1.13. The molecule has 2 aromatic heterocycles. The second-order valence-electron chi connectivity index (χ2n) is 6.32. The summed E-state index contributed by atoms with van der Waals surface area (Å²) in [5.74, 6) is -2.26.